The first-order chi connectivity index (χ1) is 21.8. The zero-order valence-electron chi connectivity index (χ0n) is 23.8. The molecule has 6 aromatic carbocycles. The molecule has 9 rings (SSSR count). The summed E-state index contributed by atoms with van der Waals surface area (Å²) >= 11 is 0. The lowest BCUT2D eigenvalue weighted by Gasteiger charge is -2.13. The molecule has 0 saturated heterocycles. The van der Waals surface area contributed by atoms with Gasteiger partial charge in [-0.1, -0.05) is 109 Å². The van der Waals surface area contributed by atoms with Crippen molar-refractivity contribution in [2.24, 2.45) is 0 Å². The Hall–Kier alpha value is -6.00. The average molecular weight is 563 g/mol. The number of para-hydroxylation sites is 3. The molecule has 4 nitrogen and oxygen atoms in total. The first kappa shape index (κ1) is 24.6. The largest absolute Gasteiger partial charge is 0.316 e. The number of rotatable bonds is 4. The lowest BCUT2D eigenvalue weighted by atomic mass is 10.00. The molecule has 4 heteroatoms. The quantitative estimate of drug-likeness (QED) is 0.214. The second-order valence-corrected chi connectivity index (χ2v) is 11.1. The van der Waals surface area contributed by atoms with Crippen LogP contribution < -0.4 is 0 Å². The molecule has 0 atom stereocenters. The van der Waals surface area contributed by atoms with Crippen molar-refractivity contribution >= 4 is 43.6 Å². The van der Waals surface area contributed by atoms with Crippen LogP contribution in [0, 0.1) is 0 Å². The summed E-state index contributed by atoms with van der Waals surface area (Å²) in [5.41, 5.74) is 9.71. The van der Waals surface area contributed by atoms with Crippen molar-refractivity contribution in [1.82, 2.24) is 19.1 Å². The van der Waals surface area contributed by atoms with E-state index in [-0.39, 0.29) is 0 Å². The molecule has 206 valence electrons. The second kappa shape index (κ2) is 9.79. The first-order valence-corrected chi connectivity index (χ1v) is 14.9. The van der Waals surface area contributed by atoms with Gasteiger partial charge in [0.25, 0.3) is 0 Å². The van der Waals surface area contributed by atoms with Crippen LogP contribution >= 0.6 is 0 Å². The van der Waals surface area contributed by atoms with Gasteiger partial charge in [-0.25, -0.2) is 9.97 Å². The van der Waals surface area contributed by atoms with Crippen LogP contribution in [0.3, 0.4) is 0 Å². The molecule has 0 bridgehead atoms. The number of nitrogens with zero attached hydrogens (tertiary/aromatic N) is 4. The Morgan fingerprint density at radius 3 is 2.00 bits per heavy atom. The molecular weight excluding hydrogens is 536 g/mol. The predicted octanol–water partition coefficient (Wildman–Crippen LogP) is 10.0. The lowest BCUT2D eigenvalue weighted by Crippen LogP contribution is -2.03. The molecule has 0 aliphatic carbocycles. The van der Waals surface area contributed by atoms with Gasteiger partial charge in [0.15, 0.2) is 0 Å². The topological polar surface area (TPSA) is 35.6 Å². The molecule has 0 aliphatic rings. The molecule has 0 saturated carbocycles. The Kier molecular flexibility index (Phi) is 5.47. The summed E-state index contributed by atoms with van der Waals surface area (Å²) in [4.78, 5) is 10.6. The van der Waals surface area contributed by atoms with Crippen molar-refractivity contribution in [3.63, 3.8) is 0 Å². The Balaban J connectivity index is 1.35. The predicted molar refractivity (Wildman–Crippen MR) is 182 cm³/mol. The Labute approximate surface area is 254 Å². The molecule has 3 heterocycles. The fraction of sp³-hybridized carbons (Fsp3) is 0. The van der Waals surface area contributed by atoms with Gasteiger partial charge in [0.1, 0.15) is 0 Å². The van der Waals surface area contributed by atoms with Crippen molar-refractivity contribution in [3.8, 4) is 34.0 Å². The van der Waals surface area contributed by atoms with E-state index in [1.165, 1.54) is 16.3 Å². The third-order valence-corrected chi connectivity index (χ3v) is 8.57. The summed E-state index contributed by atoms with van der Waals surface area (Å²) in [6.45, 7) is 0. The van der Waals surface area contributed by atoms with Gasteiger partial charge in [-0.05, 0) is 53.6 Å². The van der Waals surface area contributed by atoms with Gasteiger partial charge in [-0.2, -0.15) is 0 Å². The molecule has 44 heavy (non-hydrogen) atoms. The highest BCUT2D eigenvalue weighted by molar-refractivity contribution is 6.18. The molecular formula is C40H26N4. The summed E-state index contributed by atoms with van der Waals surface area (Å²) in [7, 11) is 0. The maximum Gasteiger partial charge on any atom is 0.235 e. The highest BCUT2D eigenvalue weighted by atomic mass is 15.2. The normalized spacial score (nSPS) is 11.6. The van der Waals surface area contributed by atoms with Crippen LogP contribution in [0.4, 0.5) is 0 Å². The van der Waals surface area contributed by atoms with E-state index in [0.29, 0.717) is 5.95 Å². The van der Waals surface area contributed by atoms with E-state index in [1.807, 2.05) is 12.1 Å². The van der Waals surface area contributed by atoms with Crippen LogP contribution in [-0.2, 0) is 0 Å². The van der Waals surface area contributed by atoms with Crippen molar-refractivity contribution in [1.29, 1.82) is 0 Å². The Morgan fingerprint density at radius 1 is 0.432 bits per heavy atom. The van der Waals surface area contributed by atoms with E-state index in [9.17, 15) is 0 Å². The Morgan fingerprint density at radius 2 is 1.14 bits per heavy atom. The van der Waals surface area contributed by atoms with E-state index in [2.05, 4.69) is 155 Å². The lowest BCUT2D eigenvalue weighted by molar-refractivity contribution is 1.02. The van der Waals surface area contributed by atoms with Crippen LogP contribution in [-0.4, -0.2) is 19.1 Å². The van der Waals surface area contributed by atoms with E-state index in [0.717, 1.165) is 55.3 Å². The van der Waals surface area contributed by atoms with Crippen LogP contribution in [0.5, 0.6) is 0 Å². The molecule has 9 aromatic rings. The fourth-order valence-electron chi connectivity index (χ4n) is 6.56. The summed E-state index contributed by atoms with van der Waals surface area (Å²) in [5.74, 6) is 0.662. The minimum atomic E-state index is 0.662. The van der Waals surface area contributed by atoms with Crippen molar-refractivity contribution in [3.05, 3.63) is 158 Å². The smallest absolute Gasteiger partial charge is 0.235 e. The molecule has 0 spiro atoms. The summed E-state index contributed by atoms with van der Waals surface area (Å²) in [6.07, 6.45) is 2.16. The SMILES string of the molecule is c1ccc(-c2cccc(-c3nc(-n4c5ccccc5c5ccc6c(ccn6-c6ccccc6)c54)nc4ccccc34)c2)cc1. The number of aromatic nitrogens is 4. The van der Waals surface area contributed by atoms with E-state index >= 15 is 0 Å². The highest BCUT2D eigenvalue weighted by Crippen LogP contribution is 2.38. The van der Waals surface area contributed by atoms with Gasteiger partial charge in [0, 0.05) is 39.0 Å². The van der Waals surface area contributed by atoms with Crippen molar-refractivity contribution in [2.75, 3.05) is 0 Å². The van der Waals surface area contributed by atoms with Crippen LogP contribution in [0.1, 0.15) is 0 Å². The van der Waals surface area contributed by atoms with Gasteiger partial charge in [-0.3, -0.25) is 4.57 Å². The van der Waals surface area contributed by atoms with Crippen LogP contribution in [0.25, 0.3) is 77.6 Å². The fourth-order valence-corrected chi connectivity index (χ4v) is 6.56. The molecule has 3 aromatic heterocycles. The number of hydrogen-bond donors (Lipinski definition) is 0. The van der Waals surface area contributed by atoms with Crippen LogP contribution in [0.15, 0.2) is 158 Å². The van der Waals surface area contributed by atoms with Crippen molar-refractivity contribution < 1.29 is 0 Å². The third-order valence-electron chi connectivity index (χ3n) is 8.57. The molecule has 0 aliphatic heterocycles. The standard InChI is InChI=1S/C40H26N4/c1-3-12-27(13-4-1)28-14-11-15-29(26-28)38-33-19-7-9-20-35(33)41-40(42-38)44-37-21-10-8-18-31(37)32-22-23-36-34(39(32)44)24-25-43(36)30-16-5-2-6-17-30/h1-26H. The van der Waals surface area contributed by atoms with E-state index < -0.39 is 0 Å². The highest BCUT2D eigenvalue weighted by Gasteiger charge is 2.20. The average Bonchev–Trinajstić information content (AvgIpc) is 3.68. The molecule has 0 fully saturated rings. The molecule has 0 radical (unpaired) electrons. The number of fused-ring (bicyclic) bond motifs is 6. The zero-order valence-corrected chi connectivity index (χ0v) is 23.8. The molecule has 0 unspecified atom stereocenters. The van der Waals surface area contributed by atoms with Gasteiger partial charge in [0.2, 0.25) is 5.95 Å². The Bertz CT molecular complexity index is 2490. The van der Waals surface area contributed by atoms with Crippen molar-refractivity contribution in [2.45, 2.75) is 0 Å². The molecule has 0 N–H and O–H groups in total. The van der Waals surface area contributed by atoms with Crippen LogP contribution in [0.2, 0.25) is 0 Å². The van der Waals surface area contributed by atoms with E-state index in [1.54, 1.807) is 0 Å². The molecule has 0 amide bonds. The first-order valence-electron chi connectivity index (χ1n) is 14.9. The number of benzene rings is 6. The monoisotopic (exact) mass is 562 g/mol. The summed E-state index contributed by atoms with van der Waals surface area (Å²) in [6, 6.07) is 53.2. The van der Waals surface area contributed by atoms with E-state index in [4.69, 9.17) is 9.97 Å². The van der Waals surface area contributed by atoms with Gasteiger partial charge >= 0.3 is 0 Å². The maximum atomic E-state index is 5.37. The van der Waals surface area contributed by atoms with Gasteiger partial charge in [-0.15, -0.1) is 0 Å². The summed E-state index contributed by atoms with van der Waals surface area (Å²) in [5, 5.41) is 4.55. The minimum absolute atomic E-state index is 0.662. The maximum absolute atomic E-state index is 5.37. The zero-order chi connectivity index (χ0) is 29.0. The third kappa shape index (κ3) is 3.78. The number of hydrogen-bond acceptors (Lipinski definition) is 2. The van der Waals surface area contributed by atoms with Gasteiger partial charge < -0.3 is 4.57 Å². The summed E-state index contributed by atoms with van der Waals surface area (Å²) < 4.78 is 4.50. The van der Waals surface area contributed by atoms with Gasteiger partial charge in [0.05, 0.1) is 27.8 Å². The minimum Gasteiger partial charge on any atom is -0.316 e. The second-order valence-electron chi connectivity index (χ2n) is 11.1.